The van der Waals surface area contributed by atoms with Crippen LogP contribution < -0.4 is 9.88 Å². The first-order chi connectivity index (χ1) is 10.4. The van der Waals surface area contributed by atoms with E-state index in [4.69, 9.17) is 9.88 Å². The Kier molecular flexibility index (Phi) is 4.38. The summed E-state index contributed by atoms with van der Waals surface area (Å²) in [7, 11) is -3.58. The van der Waals surface area contributed by atoms with Crippen molar-refractivity contribution in [2.24, 2.45) is 10.6 Å². The molecule has 0 unspecified atom stereocenters. The van der Waals surface area contributed by atoms with Gasteiger partial charge in [-0.15, -0.1) is 14.8 Å². The third-order valence-electron chi connectivity index (χ3n) is 3.24. The second-order valence-corrected chi connectivity index (χ2v) is 9.10. The first kappa shape index (κ1) is 17.6. The SMILES string of the molecule is CC(C)(COc1nn2ncnc2cc1C(C)(C)C)CS(N)(=O)=O. The van der Waals surface area contributed by atoms with Crippen LogP contribution in [0.4, 0.5) is 0 Å². The van der Waals surface area contributed by atoms with Crippen molar-refractivity contribution >= 4 is 15.7 Å². The Hall–Kier alpha value is -1.74. The van der Waals surface area contributed by atoms with Gasteiger partial charge in [-0.25, -0.2) is 18.5 Å². The minimum atomic E-state index is -3.58. The largest absolute Gasteiger partial charge is 0.476 e. The van der Waals surface area contributed by atoms with Crippen LogP contribution in [0.3, 0.4) is 0 Å². The minimum Gasteiger partial charge on any atom is -0.476 e. The molecule has 2 aromatic rings. The molecule has 128 valence electrons. The lowest BCUT2D eigenvalue weighted by atomic mass is 9.88. The Bertz CT molecular complexity index is 805. The molecule has 0 aliphatic rings. The quantitative estimate of drug-likeness (QED) is 0.872. The van der Waals surface area contributed by atoms with Crippen LogP contribution in [-0.4, -0.2) is 40.6 Å². The van der Waals surface area contributed by atoms with Gasteiger partial charge in [0.15, 0.2) is 5.65 Å². The molecule has 2 heterocycles. The molecule has 2 N–H and O–H groups in total. The predicted octanol–water partition coefficient (Wildman–Crippen LogP) is 1.12. The van der Waals surface area contributed by atoms with Crippen molar-refractivity contribution < 1.29 is 13.2 Å². The Balaban J connectivity index is 2.31. The molecule has 0 saturated carbocycles. The summed E-state index contributed by atoms with van der Waals surface area (Å²) < 4.78 is 29.8. The fourth-order valence-corrected chi connectivity index (χ4v) is 3.41. The first-order valence-electron chi connectivity index (χ1n) is 7.22. The fraction of sp³-hybridized carbons (Fsp3) is 0.643. The molecule has 0 fully saturated rings. The van der Waals surface area contributed by atoms with Crippen molar-refractivity contribution in [1.82, 2.24) is 19.8 Å². The third kappa shape index (κ3) is 4.61. The van der Waals surface area contributed by atoms with Crippen LogP contribution >= 0.6 is 0 Å². The topological polar surface area (TPSA) is 112 Å². The van der Waals surface area contributed by atoms with Crippen LogP contribution in [0.2, 0.25) is 0 Å². The first-order valence-corrected chi connectivity index (χ1v) is 8.94. The molecule has 0 aliphatic carbocycles. The summed E-state index contributed by atoms with van der Waals surface area (Å²) in [6.07, 6.45) is 1.42. The monoisotopic (exact) mass is 341 g/mol. The highest BCUT2D eigenvalue weighted by atomic mass is 32.2. The van der Waals surface area contributed by atoms with Crippen molar-refractivity contribution in [2.75, 3.05) is 12.4 Å². The number of fused-ring (bicyclic) bond motifs is 1. The van der Waals surface area contributed by atoms with Gasteiger partial charge >= 0.3 is 0 Å². The molecule has 8 nitrogen and oxygen atoms in total. The molecule has 0 bridgehead atoms. The van der Waals surface area contributed by atoms with Crippen LogP contribution in [0, 0.1) is 5.41 Å². The normalized spacial score (nSPS) is 13.5. The highest BCUT2D eigenvalue weighted by Gasteiger charge is 2.28. The summed E-state index contributed by atoms with van der Waals surface area (Å²) in [4.78, 5) is 4.13. The Morgan fingerprint density at radius 3 is 2.48 bits per heavy atom. The van der Waals surface area contributed by atoms with Gasteiger partial charge in [0.1, 0.15) is 6.33 Å². The molecular weight excluding hydrogens is 318 g/mol. The summed E-state index contributed by atoms with van der Waals surface area (Å²) in [5.74, 6) is 0.245. The van der Waals surface area contributed by atoms with E-state index in [1.807, 2.05) is 26.8 Å². The van der Waals surface area contributed by atoms with E-state index in [0.717, 1.165) is 5.56 Å². The van der Waals surface area contributed by atoms with Crippen LogP contribution in [0.1, 0.15) is 40.2 Å². The Labute approximate surface area is 136 Å². The lowest BCUT2D eigenvalue weighted by Gasteiger charge is -2.26. The van der Waals surface area contributed by atoms with Crippen LogP contribution in [0.25, 0.3) is 5.65 Å². The number of aromatic nitrogens is 4. The number of sulfonamides is 1. The van der Waals surface area contributed by atoms with Gasteiger partial charge in [0.2, 0.25) is 15.9 Å². The van der Waals surface area contributed by atoms with Gasteiger partial charge in [-0.2, -0.15) is 0 Å². The standard InChI is InChI=1S/C14H23N5O3S/c1-13(2,3)10-6-11-16-9-17-19(11)18-12(10)22-7-14(4,5)8-23(15,20)21/h6,9H,7-8H2,1-5H3,(H2,15,20,21). The number of hydrogen-bond donors (Lipinski definition) is 1. The highest BCUT2D eigenvalue weighted by molar-refractivity contribution is 7.89. The fourth-order valence-electron chi connectivity index (χ4n) is 2.24. The van der Waals surface area contributed by atoms with Crippen molar-refractivity contribution in [3.63, 3.8) is 0 Å². The average Bonchev–Trinajstić information content (AvgIpc) is 2.78. The molecule has 0 saturated heterocycles. The number of primary sulfonamides is 1. The van der Waals surface area contributed by atoms with Gasteiger partial charge in [-0.05, 0) is 11.5 Å². The van der Waals surface area contributed by atoms with E-state index in [0.29, 0.717) is 11.5 Å². The van der Waals surface area contributed by atoms with Gasteiger partial charge in [0.05, 0.1) is 12.4 Å². The molecule has 2 rings (SSSR count). The van der Waals surface area contributed by atoms with Crippen molar-refractivity contribution in [3.8, 4) is 5.88 Å². The van der Waals surface area contributed by atoms with E-state index in [1.165, 1.54) is 11.0 Å². The van der Waals surface area contributed by atoms with Crippen molar-refractivity contribution in [1.29, 1.82) is 0 Å². The van der Waals surface area contributed by atoms with Gasteiger partial charge in [0, 0.05) is 11.0 Å². The molecule has 9 heteroatoms. The van der Waals surface area contributed by atoms with Gasteiger partial charge < -0.3 is 4.74 Å². The highest BCUT2D eigenvalue weighted by Crippen LogP contribution is 2.31. The molecule has 0 aromatic carbocycles. The lowest BCUT2D eigenvalue weighted by molar-refractivity contribution is 0.187. The van der Waals surface area contributed by atoms with E-state index < -0.39 is 15.4 Å². The lowest BCUT2D eigenvalue weighted by Crippen LogP contribution is -2.34. The zero-order valence-electron chi connectivity index (χ0n) is 14.1. The minimum absolute atomic E-state index is 0.166. The summed E-state index contributed by atoms with van der Waals surface area (Å²) in [6, 6.07) is 1.88. The zero-order chi connectivity index (χ0) is 17.5. The maximum atomic E-state index is 11.3. The Morgan fingerprint density at radius 2 is 1.91 bits per heavy atom. The number of nitrogens with zero attached hydrogens (tertiary/aromatic N) is 4. The summed E-state index contributed by atoms with van der Waals surface area (Å²) >= 11 is 0. The third-order valence-corrected chi connectivity index (χ3v) is 4.43. The van der Waals surface area contributed by atoms with E-state index >= 15 is 0 Å². The number of hydrogen-bond acceptors (Lipinski definition) is 6. The molecule has 23 heavy (non-hydrogen) atoms. The second kappa shape index (κ2) is 5.72. The molecule has 2 aromatic heterocycles. The van der Waals surface area contributed by atoms with Crippen molar-refractivity contribution in [3.05, 3.63) is 18.0 Å². The summed E-state index contributed by atoms with van der Waals surface area (Å²) in [6.45, 7) is 9.85. The molecule has 0 spiro atoms. The number of rotatable bonds is 5. The predicted molar refractivity (Wildman–Crippen MR) is 86.7 cm³/mol. The molecule has 0 radical (unpaired) electrons. The van der Waals surface area contributed by atoms with Crippen LogP contribution in [0.5, 0.6) is 5.88 Å². The van der Waals surface area contributed by atoms with E-state index in [2.05, 4.69) is 15.2 Å². The van der Waals surface area contributed by atoms with Gasteiger partial charge in [0.25, 0.3) is 0 Å². The molecule has 0 atom stereocenters. The maximum absolute atomic E-state index is 11.3. The van der Waals surface area contributed by atoms with Crippen LogP contribution in [-0.2, 0) is 15.4 Å². The molecular formula is C14H23N5O3S. The summed E-state index contributed by atoms with van der Waals surface area (Å²) in [5, 5.41) is 13.5. The van der Waals surface area contributed by atoms with Crippen LogP contribution in [0.15, 0.2) is 12.4 Å². The Morgan fingerprint density at radius 1 is 1.26 bits per heavy atom. The second-order valence-electron chi connectivity index (χ2n) is 7.48. The van der Waals surface area contributed by atoms with E-state index in [-0.39, 0.29) is 17.8 Å². The smallest absolute Gasteiger partial charge is 0.237 e. The van der Waals surface area contributed by atoms with Gasteiger partial charge in [-0.3, -0.25) is 0 Å². The van der Waals surface area contributed by atoms with E-state index in [1.54, 1.807) is 13.8 Å². The zero-order valence-corrected chi connectivity index (χ0v) is 14.9. The summed E-state index contributed by atoms with van der Waals surface area (Å²) in [5.41, 5.74) is 0.664. The average molecular weight is 341 g/mol. The number of nitrogens with two attached hydrogens (primary N) is 1. The molecule has 0 amide bonds. The van der Waals surface area contributed by atoms with Gasteiger partial charge in [-0.1, -0.05) is 34.6 Å². The van der Waals surface area contributed by atoms with E-state index in [9.17, 15) is 8.42 Å². The molecule has 0 aliphatic heterocycles. The van der Waals surface area contributed by atoms with Crippen molar-refractivity contribution in [2.45, 2.75) is 40.0 Å². The maximum Gasteiger partial charge on any atom is 0.237 e. The number of ether oxygens (including phenoxy) is 1.